The second-order valence-electron chi connectivity index (χ2n) is 2.20. The fourth-order valence-corrected chi connectivity index (χ4v) is 1.19. The first-order valence-electron chi connectivity index (χ1n) is 3.34. The van der Waals surface area contributed by atoms with Crippen molar-refractivity contribution in [2.45, 2.75) is 6.16 Å². The van der Waals surface area contributed by atoms with E-state index >= 15 is 0 Å². The third kappa shape index (κ3) is 1.84. The van der Waals surface area contributed by atoms with Gasteiger partial charge in [-0.1, -0.05) is 6.07 Å². The Balaban J connectivity index is 2.99. The Kier molecular flexibility index (Phi) is 2.72. The van der Waals surface area contributed by atoms with Gasteiger partial charge in [0.15, 0.2) is 0 Å². The summed E-state index contributed by atoms with van der Waals surface area (Å²) in [6.45, 7) is 0. The summed E-state index contributed by atoms with van der Waals surface area (Å²) in [4.78, 5) is 0. The minimum Gasteiger partial charge on any atom is -0.508 e. The van der Waals surface area contributed by atoms with Crippen LogP contribution in [0.3, 0.4) is 0 Å². The summed E-state index contributed by atoms with van der Waals surface area (Å²) in [5.41, 5.74) is 0.913. The third-order valence-corrected chi connectivity index (χ3v) is 1.95. The highest BCUT2D eigenvalue weighted by Crippen LogP contribution is 2.24. The van der Waals surface area contributed by atoms with Crippen LogP contribution in [-0.4, -0.2) is 12.2 Å². The molecular formula is C8H11O2P. The van der Waals surface area contributed by atoms with Crippen LogP contribution in [0.1, 0.15) is 5.56 Å². The van der Waals surface area contributed by atoms with E-state index in [0.717, 1.165) is 11.7 Å². The van der Waals surface area contributed by atoms with E-state index in [0.29, 0.717) is 11.5 Å². The quantitative estimate of drug-likeness (QED) is 0.685. The molecule has 60 valence electrons. The molecule has 3 heteroatoms. The number of benzene rings is 1. The lowest BCUT2D eigenvalue weighted by Gasteiger charge is -2.03. The summed E-state index contributed by atoms with van der Waals surface area (Å²) < 4.78 is 4.93. The number of hydrogen-bond acceptors (Lipinski definition) is 2. The number of ether oxygens (including phenoxy) is 1. The third-order valence-electron chi connectivity index (χ3n) is 1.51. The summed E-state index contributed by atoms with van der Waals surface area (Å²) in [7, 11) is 4.14. The molecule has 0 aliphatic rings. The largest absolute Gasteiger partial charge is 0.508 e. The zero-order chi connectivity index (χ0) is 8.27. The van der Waals surface area contributed by atoms with Crippen LogP contribution in [0, 0.1) is 0 Å². The molecule has 1 atom stereocenters. The highest BCUT2D eigenvalue weighted by atomic mass is 31.0. The van der Waals surface area contributed by atoms with Crippen LogP contribution in [-0.2, 0) is 6.16 Å². The van der Waals surface area contributed by atoms with Gasteiger partial charge in [-0.25, -0.2) is 0 Å². The molecular weight excluding hydrogens is 159 g/mol. The highest BCUT2D eigenvalue weighted by molar-refractivity contribution is 7.15. The molecule has 1 rings (SSSR count). The van der Waals surface area contributed by atoms with Crippen molar-refractivity contribution in [3.8, 4) is 11.5 Å². The molecule has 0 saturated carbocycles. The van der Waals surface area contributed by atoms with Gasteiger partial charge in [0, 0.05) is 6.07 Å². The number of phenolic OH excluding ortho intramolecular Hbond substituents is 1. The maximum absolute atomic E-state index is 9.33. The molecule has 0 aliphatic carbocycles. The standard InChI is InChI=1S/C8H11O2P/c1-10-7-3-2-6(5-11)8(9)4-7/h2-4,9H,5,11H2,1H3. The minimum atomic E-state index is 0.291. The van der Waals surface area contributed by atoms with Crippen molar-refractivity contribution in [1.82, 2.24) is 0 Å². The molecule has 0 fully saturated rings. The topological polar surface area (TPSA) is 29.5 Å². The lowest BCUT2D eigenvalue weighted by Crippen LogP contribution is -1.84. The molecule has 0 aromatic heterocycles. The van der Waals surface area contributed by atoms with Crippen molar-refractivity contribution >= 4 is 9.24 Å². The van der Waals surface area contributed by atoms with Gasteiger partial charge < -0.3 is 9.84 Å². The summed E-state index contributed by atoms with van der Waals surface area (Å²) in [5.74, 6) is 0.976. The van der Waals surface area contributed by atoms with Crippen molar-refractivity contribution in [3.05, 3.63) is 23.8 Å². The number of phenols is 1. The highest BCUT2D eigenvalue weighted by Gasteiger charge is 1.99. The van der Waals surface area contributed by atoms with Crippen LogP contribution in [0.15, 0.2) is 18.2 Å². The molecule has 0 bridgehead atoms. The van der Waals surface area contributed by atoms with Gasteiger partial charge in [0.1, 0.15) is 11.5 Å². The molecule has 0 spiro atoms. The summed E-state index contributed by atoms with van der Waals surface area (Å²) in [6.07, 6.45) is 0.760. The van der Waals surface area contributed by atoms with Gasteiger partial charge in [0.05, 0.1) is 7.11 Å². The Morgan fingerprint density at radius 1 is 1.55 bits per heavy atom. The van der Waals surface area contributed by atoms with Gasteiger partial charge in [-0.3, -0.25) is 0 Å². The van der Waals surface area contributed by atoms with E-state index in [1.807, 2.05) is 12.1 Å². The molecule has 1 aromatic rings. The molecule has 0 radical (unpaired) electrons. The van der Waals surface area contributed by atoms with Crippen LogP contribution >= 0.6 is 9.24 Å². The Labute approximate surface area is 68.4 Å². The van der Waals surface area contributed by atoms with E-state index < -0.39 is 0 Å². The summed E-state index contributed by atoms with van der Waals surface area (Å²) in [6, 6.07) is 5.29. The SMILES string of the molecule is COc1ccc(CP)c(O)c1. The van der Waals surface area contributed by atoms with E-state index in [9.17, 15) is 5.11 Å². The van der Waals surface area contributed by atoms with Gasteiger partial charge in [-0.2, -0.15) is 0 Å². The molecule has 0 saturated heterocycles. The first-order valence-corrected chi connectivity index (χ1v) is 4.15. The number of hydrogen-bond donors (Lipinski definition) is 1. The summed E-state index contributed by atoms with van der Waals surface area (Å²) >= 11 is 0. The normalized spacial score (nSPS) is 9.64. The number of rotatable bonds is 2. The van der Waals surface area contributed by atoms with E-state index in [-0.39, 0.29) is 0 Å². The maximum Gasteiger partial charge on any atom is 0.122 e. The Bertz CT molecular complexity index is 248. The Morgan fingerprint density at radius 2 is 2.27 bits per heavy atom. The van der Waals surface area contributed by atoms with Crippen molar-refractivity contribution in [2.24, 2.45) is 0 Å². The lowest BCUT2D eigenvalue weighted by atomic mass is 10.2. The van der Waals surface area contributed by atoms with Crippen molar-refractivity contribution in [2.75, 3.05) is 7.11 Å². The van der Waals surface area contributed by atoms with Gasteiger partial charge >= 0.3 is 0 Å². The van der Waals surface area contributed by atoms with Crippen LogP contribution in [0.5, 0.6) is 11.5 Å². The molecule has 1 unspecified atom stereocenters. The zero-order valence-electron chi connectivity index (χ0n) is 6.37. The first kappa shape index (κ1) is 8.35. The molecule has 0 amide bonds. The minimum absolute atomic E-state index is 0.291. The van der Waals surface area contributed by atoms with Crippen LogP contribution < -0.4 is 4.74 Å². The zero-order valence-corrected chi connectivity index (χ0v) is 7.53. The van der Waals surface area contributed by atoms with Crippen molar-refractivity contribution in [1.29, 1.82) is 0 Å². The van der Waals surface area contributed by atoms with E-state index in [2.05, 4.69) is 9.24 Å². The van der Waals surface area contributed by atoms with E-state index in [4.69, 9.17) is 4.74 Å². The Hall–Kier alpha value is -0.750. The van der Waals surface area contributed by atoms with Gasteiger partial charge in [0.2, 0.25) is 0 Å². The fraction of sp³-hybridized carbons (Fsp3) is 0.250. The molecule has 2 nitrogen and oxygen atoms in total. The van der Waals surface area contributed by atoms with Gasteiger partial charge in [-0.05, 0) is 17.8 Å². The molecule has 11 heavy (non-hydrogen) atoms. The predicted octanol–water partition coefficient (Wildman–Crippen LogP) is 1.78. The predicted molar refractivity (Wildman–Crippen MR) is 48.1 cm³/mol. The lowest BCUT2D eigenvalue weighted by molar-refractivity contribution is 0.407. The average molecular weight is 170 g/mol. The second-order valence-corrected chi connectivity index (χ2v) is 2.61. The van der Waals surface area contributed by atoms with Gasteiger partial charge in [-0.15, -0.1) is 9.24 Å². The average Bonchev–Trinajstić information content (AvgIpc) is 2.04. The van der Waals surface area contributed by atoms with Crippen molar-refractivity contribution in [3.63, 3.8) is 0 Å². The molecule has 0 heterocycles. The second kappa shape index (κ2) is 3.59. The monoisotopic (exact) mass is 170 g/mol. The van der Waals surface area contributed by atoms with Crippen LogP contribution in [0.2, 0.25) is 0 Å². The van der Waals surface area contributed by atoms with E-state index in [1.54, 1.807) is 13.2 Å². The Morgan fingerprint density at radius 3 is 2.73 bits per heavy atom. The molecule has 1 N–H and O–H groups in total. The molecule has 1 aromatic carbocycles. The smallest absolute Gasteiger partial charge is 0.122 e. The first-order chi connectivity index (χ1) is 5.27. The van der Waals surface area contributed by atoms with Crippen LogP contribution in [0.25, 0.3) is 0 Å². The van der Waals surface area contributed by atoms with E-state index in [1.165, 1.54) is 0 Å². The van der Waals surface area contributed by atoms with Crippen LogP contribution in [0.4, 0.5) is 0 Å². The maximum atomic E-state index is 9.33. The number of aromatic hydroxyl groups is 1. The van der Waals surface area contributed by atoms with Crippen molar-refractivity contribution < 1.29 is 9.84 Å². The molecule has 0 aliphatic heterocycles. The van der Waals surface area contributed by atoms with Gasteiger partial charge in [0.25, 0.3) is 0 Å². The fourth-order valence-electron chi connectivity index (χ4n) is 0.843. The summed E-state index contributed by atoms with van der Waals surface area (Å²) in [5, 5.41) is 9.33. The number of methoxy groups -OCH3 is 1.